The number of aryl methyl sites for hydroxylation is 1. The van der Waals surface area contributed by atoms with Gasteiger partial charge in [0, 0.05) is 5.69 Å². The third kappa shape index (κ3) is 5.43. The van der Waals surface area contributed by atoms with E-state index in [0.29, 0.717) is 0 Å². The lowest BCUT2D eigenvalue weighted by molar-refractivity contribution is -0.458. The Bertz CT molecular complexity index is 964. The minimum Gasteiger partial charge on any atom is -0.399 e. The van der Waals surface area contributed by atoms with Crippen LogP contribution in [0.3, 0.4) is 0 Å². The van der Waals surface area contributed by atoms with Gasteiger partial charge in [-0.25, -0.2) is 0 Å². The number of halogens is 17. The van der Waals surface area contributed by atoms with Crippen LogP contribution in [0.2, 0.25) is 0 Å². The number of anilines is 1. The van der Waals surface area contributed by atoms with Crippen LogP contribution in [0, 0.1) is 6.92 Å². The minimum absolute atomic E-state index is 0.829. The summed E-state index contributed by atoms with van der Waals surface area (Å²) < 4.78 is 225. The predicted molar refractivity (Wildman–Crippen MR) is 88.3 cm³/mol. The van der Waals surface area contributed by atoms with Crippen LogP contribution in [-0.4, -0.2) is 57.2 Å². The summed E-state index contributed by atoms with van der Waals surface area (Å²) in [6, 6.07) is 7.79. The number of benzene rings is 1. The molecular weight excluding hydrogens is 596 g/mol. The van der Waals surface area contributed by atoms with Crippen LogP contribution < -0.4 is 5.73 Å². The first kappa shape index (κ1) is 35.0. The van der Waals surface area contributed by atoms with E-state index in [9.17, 15) is 79.2 Å². The smallest absolute Gasteiger partial charge is 0.399 e. The van der Waals surface area contributed by atoms with E-state index in [0.717, 1.165) is 5.69 Å². The normalized spacial score (nSPS) is 15.2. The molecule has 0 aliphatic carbocycles. The van der Waals surface area contributed by atoms with E-state index in [1.54, 1.807) is 0 Å². The standard InChI is InChI=1S/C8H2F17O3P.C7H9N/c9-1(10,3(13,14)5(17,18)7(21,22)23)2(11,12)4(15,16)6(19,20)8(24,25)29(26,27)28;1-6-2-4-7(8)5-3-6/h(H2,26,27,28);2-5H,8H2,1H3. The van der Waals surface area contributed by atoms with Gasteiger partial charge in [0.2, 0.25) is 0 Å². The van der Waals surface area contributed by atoms with Crippen molar-refractivity contribution in [3.8, 4) is 0 Å². The molecule has 0 aliphatic heterocycles. The molecule has 0 radical (unpaired) electrons. The van der Waals surface area contributed by atoms with Crippen molar-refractivity contribution in [2.45, 2.75) is 54.3 Å². The molecule has 218 valence electrons. The molecule has 4 N–H and O–H groups in total. The molecule has 0 amide bonds. The summed E-state index contributed by atoms with van der Waals surface area (Å²) in [5.41, 5.74) is -0.198. The maximum absolute atomic E-state index is 13.1. The first-order valence-electron chi connectivity index (χ1n) is 8.38. The molecule has 37 heavy (non-hydrogen) atoms. The Hall–Kier alpha value is -2.02. The van der Waals surface area contributed by atoms with Crippen LogP contribution in [-0.2, 0) is 4.57 Å². The SMILES string of the molecule is Cc1ccc(N)cc1.O=P(O)(O)C(F)(F)C(F)(F)C(F)(F)C(F)(F)C(F)(F)C(F)(F)C(F)(F)C(F)(F)F. The van der Waals surface area contributed by atoms with Gasteiger partial charge >= 0.3 is 55.0 Å². The monoisotopic (exact) mass is 607 g/mol. The Morgan fingerprint density at radius 1 is 0.568 bits per heavy atom. The van der Waals surface area contributed by atoms with Gasteiger partial charge in [-0.3, -0.25) is 4.57 Å². The molecule has 0 heterocycles. The lowest BCUT2D eigenvalue weighted by Crippen LogP contribution is -2.74. The maximum atomic E-state index is 13.1. The average molecular weight is 607 g/mol. The molecule has 0 atom stereocenters. The highest BCUT2D eigenvalue weighted by Crippen LogP contribution is 2.69. The molecule has 1 rings (SSSR count). The largest absolute Gasteiger partial charge is 0.460 e. The van der Waals surface area contributed by atoms with Gasteiger partial charge in [-0.2, -0.15) is 74.6 Å². The van der Waals surface area contributed by atoms with E-state index >= 15 is 0 Å². The fourth-order valence-corrected chi connectivity index (χ4v) is 2.41. The van der Waals surface area contributed by atoms with Crippen LogP contribution in [0.4, 0.5) is 80.3 Å². The number of rotatable bonds is 7. The van der Waals surface area contributed by atoms with Crippen LogP contribution >= 0.6 is 7.60 Å². The molecule has 1 aromatic carbocycles. The molecule has 0 bridgehead atoms. The van der Waals surface area contributed by atoms with Crippen LogP contribution in [0.15, 0.2) is 24.3 Å². The Balaban J connectivity index is 0.00000136. The summed E-state index contributed by atoms with van der Waals surface area (Å²) >= 11 is 0. The molecule has 0 unspecified atom stereocenters. The number of hydrogen-bond acceptors (Lipinski definition) is 2. The first-order chi connectivity index (χ1) is 15.8. The summed E-state index contributed by atoms with van der Waals surface area (Å²) in [6.45, 7) is 2.04. The zero-order valence-corrected chi connectivity index (χ0v) is 18.0. The fraction of sp³-hybridized carbons (Fsp3) is 0.600. The number of nitrogen functional groups attached to an aromatic ring is 1. The number of hydrogen-bond donors (Lipinski definition) is 3. The molecule has 22 heteroatoms. The highest BCUT2D eigenvalue weighted by Gasteiger charge is 2.96. The van der Waals surface area contributed by atoms with Gasteiger partial charge < -0.3 is 15.5 Å². The van der Waals surface area contributed by atoms with Gasteiger partial charge in [-0.1, -0.05) is 17.7 Å². The first-order valence-corrected chi connectivity index (χ1v) is 9.99. The molecule has 0 saturated carbocycles. The Labute approximate surface area is 193 Å². The van der Waals surface area contributed by atoms with E-state index in [1.807, 2.05) is 31.2 Å². The average Bonchev–Trinajstić information content (AvgIpc) is 2.68. The molecule has 1 aromatic rings. The van der Waals surface area contributed by atoms with Crippen molar-refractivity contribution in [2.75, 3.05) is 5.73 Å². The van der Waals surface area contributed by atoms with Crippen molar-refractivity contribution in [2.24, 2.45) is 0 Å². The summed E-state index contributed by atoms with van der Waals surface area (Å²) in [7, 11) is -7.97. The lowest BCUT2D eigenvalue weighted by Gasteiger charge is -2.42. The summed E-state index contributed by atoms with van der Waals surface area (Å²) in [5.74, 6) is -51.8. The second kappa shape index (κ2) is 9.62. The topological polar surface area (TPSA) is 83.6 Å². The molecule has 0 aromatic heterocycles. The van der Waals surface area contributed by atoms with Crippen molar-refractivity contribution in [1.82, 2.24) is 0 Å². The third-order valence-corrected chi connectivity index (χ3v) is 5.16. The molecule has 0 fully saturated rings. The van der Waals surface area contributed by atoms with E-state index in [1.165, 1.54) is 5.56 Å². The molecule has 0 aliphatic rings. The summed E-state index contributed by atoms with van der Waals surface area (Å²) in [4.78, 5) is 15.6. The van der Waals surface area contributed by atoms with Crippen LogP contribution in [0.5, 0.6) is 0 Å². The van der Waals surface area contributed by atoms with Gasteiger partial charge in [0.15, 0.2) is 0 Å². The van der Waals surface area contributed by atoms with E-state index < -0.39 is 55.0 Å². The van der Waals surface area contributed by atoms with Crippen molar-refractivity contribution in [3.63, 3.8) is 0 Å². The highest BCUT2D eigenvalue weighted by atomic mass is 31.2. The second-order valence-electron chi connectivity index (χ2n) is 6.94. The van der Waals surface area contributed by atoms with Crippen molar-refractivity contribution in [3.05, 3.63) is 29.8 Å². The van der Waals surface area contributed by atoms with Gasteiger partial charge in [0.1, 0.15) is 0 Å². The maximum Gasteiger partial charge on any atom is 0.460 e. The van der Waals surface area contributed by atoms with Crippen LogP contribution in [0.25, 0.3) is 0 Å². The number of nitrogens with two attached hydrogens (primary N) is 1. The third-order valence-electron chi connectivity index (χ3n) is 4.15. The van der Waals surface area contributed by atoms with E-state index in [2.05, 4.69) is 0 Å². The van der Waals surface area contributed by atoms with Crippen molar-refractivity contribution >= 4 is 13.3 Å². The summed E-state index contributed by atoms with van der Waals surface area (Å²) in [5, 5.41) is 0. The fourth-order valence-electron chi connectivity index (χ4n) is 1.90. The predicted octanol–water partition coefficient (Wildman–Crippen LogP) is 6.71. The highest BCUT2D eigenvalue weighted by molar-refractivity contribution is 7.53. The molecule has 4 nitrogen and oxygen atoms in total. The Morgan fingerprint density at radius 2 is 0.838 bits per heavy atom. The molecule has 0 saturated heterocycles. The van der Waals surface area contributed by atoms with Crippen LogP contribution in [0.1, 0.15) is 5.56 Å². The number of alkyl halides is 17. The quantitative estimate of drug-likeness (QED) is 0.183. The van der Waals surface area contributed by atoms with E-state index in [-0.39, 0.29) is 0 Å². The summed E-state index contributed by atoms with van der Waals surface area (Å²) in [6.07, 6.45) is -7.87. The second-order valence-corrected chi connectivity index (χ2v) is 8.59. The molecular formula is C15H11F17NO3P. The molecule has 0 spiro atoms. The lowest BCUT2D eigenvalue weighted by atomic mass is 9.91. The Morgan fingerprint density at radius 3 is 1.08 bits per heavy atom. The van der Waals surface area contributed by atoms with Gasteiger partial charge in [0.05, 0.1) is 0 Å². The van der Waals surface area contributed by atoms with Gasteiger partial charge in [-0.05, 0) is 19.1 Å². The van der Waals surface area contributed by atoms with Gasteiger partial charge in [-0.15, -0.1) is 0 Å². The minimum atomic E-state index is -8.86. The van der Waals surface area contributed by atoms with Crippen molar-refractivity contribution < 1.29 is 89.0 Å². The van der Waals surface area contributed by atoms with Gasteiger partial charge in [0.25, 0.3) is 0 Å². The van der Waals surface area contributed by atoms with Crippen molar-refractivity contribution in [1.29, 1.82) is 0 Å². The zero-order chi connectivity index (χ0) is 30.5. The Kier molecular flexibility index (Phi) is 9.10. The zero-order valence-electron chi connectivity index (χ0n) is 17.1. The van der Waals surface area contributed by atoms with E-state index in [4.69, 9.17) is 15.5 Å².